The number of rotatable bonds is 12. The number of amides is 1. The van der Waals surface area contributed by atoms with E-state index in [4.69, 9.17) is 25.4 Å². The molecule has 3 aromatic carbocycles. The Bertz CT molecular complexity index is 1770. The highest BCUT2D eigenvalue weighted by Gasteiger charge is 2.42. The number of benzene rings is 3. The summed E-state index contributed by atoms with van der Waals surface area (Å²) in [5.41, 5.74) is 7.36. The van der Waals surface area contributed by atoms with Gasteiger partial charge in [0.2, 0.25) is 0 Å². The minimum Gasteiger partial charge on any atom is -0.493 e. The molecular weight excluding hydrogens is 615 g/mol. The second kappa shape index (κ2) is 14.3. The van der Waals surface area contributed by atoms with Crippen LogP contribution in [0.1, 0.15) is 33.4 Å². The third kappa shape index (κ3) is 7.81. The zero-order chi connectivity index (χ0) is 33.4. The third-order valence-electron chi connectivity index (χ3n) is 6.33. The van der Waals surface area contributed by atoms with Crippen molar-refractivity contribution in [2.45, 2.75) is 12.2 Å². The zero-order valence-electron chi connectivity index (χ0n) is 24.3. The third-order valence-corrected chi connectivity index (χ3v) is 6.33. The molecular formula is C29H28F3N7O7. The molecule has 1 heterocycles. The van der Waals surface area contributed by atoms with Crippen LogP contribution in [0.2, 0.25) is 0 Å². The first kappa shape index (κ1) is 33.1. The molecule has 242 valence electrons. The van der Waals surface area contributed by atoms with Crippen LogP contribution in [0.4, 0.5) is 18.9 Å². The number of amidine groups is 1. The SMILES string of the molecule is COCCOc1ccc(C(Nc2ccc(C(=N)N)cc2)c2nn(-c3ccccc3C(=O)NOC(=O)C(F)(F)F)c(=O)[nH]2)cc1OC. The summed E-state index contributed by atoms with van der Waals surface area (Å²) in [5.74, 6) is -3.14. The number of carbonyl (C=O) groups is 2. The van der Waals surface area contributed by atoms with Crippen molar-refractivity contribution in [2.75, 3.05) is 32.8 Å². The summed E-state index contributed by atoms with van der Waals surface area (Å²) in [6.07, 6.45) is -5.34. The number of hydrogen-bond donors (Lipinski definition) is 5. The van der Waals surface area contributed by atoms with Crippen LogP contribution in [0, 0.1) is 5.41 Å². The van der Waals surface area contributed by atoms with Crippen molar-refractivity contribution < 1.29 is 41.8 Å². The van der Waals surface area contributed by atoms with Crippen molar-refractivity contribution in [2.24, 2.45) is 5.73 Å². The van der Waals surface area contributed by atoms with E-state index in [0.29, 0.717) is 34.9 Å². The number of nitrogen functional groups attached to an aromatic ring is 1. The van der Waals surface area contributed by atoms with Crippen LogP contribution >= 0.6 is 0 Å². The van der Waals surface area contributed by atoms with E-state index in [-0.39, 0.29) is 29.5 Å². The highest BCUT2D eigenvalue weighted by atomic mass is 19.4. The smallest absolute Gasteiger partial charge is 0.493 e. The molecule has 0 bridgehead atoms. The van der Waals surface area contributed by atoms with Crippen molar-refractivity contribution in [3.63, 3.8) is 0 Å². The summed E-state index contributed by atoms with van der Waals surface area (Å²) < 4.78 is 54.7. The Hall–Kier alpha value is -5.84. The van der Waals surface area contributed by atoms with Crippen LogP contribution in [-0.4, -0.2) is 66.1 Å². The molecule has 1 unspecified atom stereocenters. The fourth-order valence-corrected chi connectivity index (χ4v) is 4.13. The number of methoxy groups -OCH3 is 2. The van der Waals surface area contributed by atoms with Gasteiger partial charge in [-0.1, -0.05) is 18.2 Å². The predicted octanol–water partition coefficient (Wildman–Crippen LogP) is 2.83. The van der Waals surface area contributed by atoms with Crippen LogP contribution in [-0.2, 0) is 14.4 Å². The standard InChI is InChI=1S/C29H28F3N7O7/c1-43-13-14-45-21-12-9-17(15-22(21)44-2)23(35-18-10-7-16(8-11-18)24(33)34)25-36-28(42)39(37-25)20-6-4-3-5-19(20)26(40)38-46-27(41)29(30,31)32/h3-12,15,23,35H,13-14H2,1-2H3,(H3,33,34)(H,38,40)(H,36,37,42). The lowest BCUT2D eigenvalue weighted by molar-refractivity contribution is -0.204. The normalized spacial score (nSPS) is 11.8. The fourth-order valence-electron chi connectivity index (χ4n) is 4.13. The number of anilines is 1. The number of aromatic amines is 1. The van der Waals surface area contributed by atoms with E-state index < -0.39 is 29.8 Å². The topological polar surface area (TPSA) is 196 Å². The van der Waals surface area contributed by atoms with Crippen molar-refractivity contribution in [1.82, 2.24) is 20.2 Å². The van der Waals surface area contributed by atoms with E-state index >= 15 is 0 Å². The molecule has 1 atom stereocenters. The molecule has 0 saturated carbocycles. The Kier molecular flexibility index (Phi) is 10.3. The zero-order valence-corrected chi connectivity index (χ0v) is 24.3. The van der Waals surface area contributed by atoms with Crippen molar-refractivity contribution in [3.05, 3.63) is 99.7 Å². The molecule has 6 N–H and O–H groups in total. The molecule has 46 heavy (non-hydrogen) atoms. The quantitative estimate of drug-likeness (QED) is 0.0663. The van der Waals surface area contributed by atoms with Crippen molar-refractivity contribution >= 4 is 23.4 Å². The number of nitrogens with zero attached hydrogens (tertiary/aromatic N) is 2. The number of carbonyl (C=O) groups excluding carboxylic acids is 2. The van der Waals surface area contributed by atoms with E-state index in [1.807, 2.05) is 0 Å². The van der Waals surface area contributed by atoms with Crippen LogP contribution < -0.4 is 31.7 Å². The van der Waals surface area contributed by atoms with Crippen molar-refractivity contribution in [1.29, 1.82) is 5.41 Å². The Morgan fingerprint density at radius 2 is 1.76 bits per heavy atom. The van der Waals surface area contributed by atoms with Crippen LogP contribution in [0.25, 0.3) is 5.69 Å². The predicted molar refractivity (Wildman–Crippen MR) is 157 cm³/mol. The van der Waals surface area contributed by atoms with Gasteiger partial charge in [0.05, 0.1) is 25.0 Å². The van der Waals surface area contributed by atoms with Crippen molar-refractivity contribution in [3.8, 4) is 17.2 Å². The van der Waals surface area contributed by atoms with Gasteiger partial charge in [0.1, 0.15) is 18.5 Å². The molecule has 14 nitrogen and oxygen atoms in total. The first-order chi connectivity index (χ1) is 21.9. The molecule has 1 aromatic heterocycles. The number of H-pyrrole nitrogens is 1. The maximum atomic E-state index is 13.2. The van der Waals surface area contributed by atoms with Crippen LogP contribution in [0.15, 0.2) is 71.5 Å². The molecule has 4 aromatic rings. The number of nitrogens with two attached hydrogens (primary N) is 1. The lowest BCUT2D eigenvalue weighted by Crippen LogP contribution is -2.35. The minimum atomic E-state index is -5.34. The minimum absolute atomic E-state index is 0.0643. The summed E-state index contributed by atoms with van der Waals surface area (Å²) in [5, 5.41) is 15.3. The molecule has 0 radical (unpaired) electrons. The Balaban J connectivity index is 1.73. The Labute approximate surface area is 258 Å². The lowest BCUT2D eigenvalue weighted by atomic mass is 10.0. The second-order valence-corrected chi connectivity index (χ2v) is 9.38. The average molecular weight is 644 g/mol. The maximum Gasteiger partial charge on any atom is 0.493 e. The van der Waals surface area contributed by atoms with E-state index in [0.717, 1.165) is 4.68 Å². The highest BCUT2D eigenvalue weighted by molar-refractivity contribution is 5.97. The molecule has 0 fully saturated rings. The van der Waals surface area contributed by atoms with Gasteiger partial charge in [-0.15, -0.1) is 5.10 Å². The van der Waals surface area contributed by atoms with Gasteiger partial charge < -0.3 is 30.1 Å². The number of halogens is 3. The average Bonchev–Trinajstić information content (AvgIpc) is 3.43. The van der Waals surface area contributed by atoms with E-state index in [1.165, 1.54) is 44.0 Å². The molecule has 0 aliphatic heterocycles. The largest absolute Gasteiger partial charge is 0.493 e. The van der Waals surface area contributed by atoms with E-state index in [2.05, 4.69) is 20.2 Å². The Morgan fingerprint density at radius 3 is 2.41 bits per heavy atom. The molecule has 4 rings (SSSR count). The summed E-state index contributed by atoms with van der Waals surface area (Å²) in [6.45, 7) is 0.602. The van der Waals surface area contributed by atoms with Gasteiger partial charge in [0, 0.05) is 18.4 Å². The van der Waals surface area contributed by atoms with Gasteiger partial charge in [-0.2, -0.15) is 23.3 Å². The van der Waals surface area contributed by atoms with E-state index in [1.54, 1.807) is 42.5 Å². The fraction of sp³-hybridized carbons (Fsp3) is 0.207. The summed E-state index contributed by atoms with van der Waals surface area (Å²) in [7, 11) is 2.99. The number of ether oxygens (including phenoxy) is 3. The first-order valence-electron chi connectivity index (χ1n) is 13.3. The van der Waals surface area contributed by atoms with Gasteiger partial charge in [-0.3, -0.25) is 15.2 Å². The summed E-state index contributed by atoms with van der Waals surface area (Å²) in [4.78, 5) is 43.5. The number of hydroxylamine groups is 1. The van der Waals surface area contributed by atoms with Gasteiger partial charge in [0.25, 0.3) is 5.91 Å². The number of para-hydroxylation sites is 1. The molecule has 1 amide bonds. The molecule has 0 aliphatic rings. The Morgan fingerprint density at radius 1 is 1.04 bits per heavy atom. The van der Waals surface area contributed by atoms with E-state index in [9.17, 15) is 27.6 Å². The van der Waals surface area contributed by atoms with Crippen LogP contribution in [0.3, 0.4) is 0 Å². The molecule has 0 aliphatic carbocycles. The highest BCUT2D eigenvalue weighted by Crippen LogP contribution is 2.33. The summed E-state index contributed by atoms with van der Waals surface area (Å²) >= 11 is 0. The number of nitrogens with one attached hydrogen (secondary N) is 4. The van der Waals surface area contributed by atoms with Gasteiger partial charge in [-0.05, 0) is 54.1 Å². The van der Waals surface area contributed by atoms with Gasteiger partial charge in [0.15, 0.2) is 17.3 Å². The molecule has 0 saturated heterocycles. The number of alkyl halides is 3. The monoisotopic (exact) mass is 643 g/mol. The molecule has 0 spiro atoms. The van der Waals surface area contributed by atoms with Gasteiger partial charge in [-0.25, -0.2) is 9.59 Å². The van der Waals surface area contributed by atoms with Crippen LogP contribution in [0.5, 0.6) is 11.5 Å². The number of hydrogen-bond acceptors (Lipinski definition) is 10. The molecule has 17 heteroatoms. The maximum absolute atomic E-state index is 13.2. The second-order valence-electron chi connectivity index (χ2n) is 9.38. The lowest BCUT2D eigenvalue weighted by Gasteiger charge is -2.20. The summed E-state index contributed by atoms with van der Waals surface area (Å²) in [6, 6.07) is 16.1. The number of aromatic nitrogens is 3. The van der Waals surface area contributed by atoms with Gasteiger partial charge >= 0.3 is 17.8 Å². The first-order valence-corrected chi connectivity index (χ1v) is 13.3.